The molecule has 19 heavy (non-hydrogen) atoms. The molecule has 0 atom stereocenters. The standard InChI is InChI=1S/C15H23NO3/c1-9(2)11-7-10(15(3,4)5)8-12(13(11)18-6)19-14(16)17/h7-9H,1-6H3,(H2,16,17). The minimum atomic E-state index is -0.834. The first-order chi connectivity index (χ1) is 8.66. The maximum Gasteiger partial charge on any atom is 0.410 e. The number of rotatable bonds is 3. The van der Waals surface area contributed by atoms with Crippen molar-refractivity contribution in [2.75, 3.05) is 7.11 Å². The van der Waals surface area contributed by atoms with Crippen LogP contribution in [0.15, 0.2) is 12.1 Å². The molecule has 0 radical (unpaired) electrons. The molecule has 1 amide bonds. The number of hydrogen-bond acceptors (Lipinski definition) is 3. The largest absolute Gasteiger partial charge is 0.493 e. The Labute approximate surface area is 114 Å². The maximum absolute atomic E-state index is 11.0. The molecule has 4 nitrogen and oxygen atoms in total. The Hall–Kier alpha value is -1.71. The van der Waals surface area contributed by atoms with Crippen LogP contribution in [0.5, 0.6) is 11.5 Å². The molecule has 0 aromatic heterocycles. The zero-order valence-electron chi connectivity index (χ0n) is 12.5. The lowest BCUT2D eigenvalue weighted by Gasteiger charge is -2.24. The van der Waals surface area contributed by atoms with Gasteiger partial charge in [-0.2, -0.15) is 0 Å². The molecule has 4 heteroatoms. The van der Waals surface area contributed by atoms with Crippen LogP contribution in [-0.2, 0) is 5.41 Å². The number of hydrogen-bond donors (Lipinski definition) is 1. The Bertz CT molecular complexity index is 473. The third-order valence-electron chi connectivity index (χ3n) is 2.99. The first kappa shape index (κ1) is 15.3. The fourth-order valence-corrected chi connectivity index (χ4v) is 1.89. The quantitative estimate of drug-likeness (QED) is 0.908. The molecule has 2 N–H and O–H groups in total. The highest BCUT2D eigenvalue weighted by molar-refractivity contribution is 5.70. The van der Waals surface area contributed by atoms with E-state index in [0.717, 1.165) is 11.1 Å². The van der Waals surface area contributed by atoms with Gasteiger partial charge in [-0.25, -0.2) is 4.79 Å². The van der Waals surface area contributed by atoms with Crippen LogP contribution >= 0.6 is 0 Å². The van der Waals surface area contributed by atoms with E-state index in [1.807, 2.05) is 6.07 Å². The molecule has 1 rings (SSSR count). The number of primary amides is 1. The predicted molar refractivity (Wildman–Crippen MR) is 76.0 cm³/mol. The van der Waals surface area contributed by atoms with Crippen molar-refractivity contribution in [1.29, 1.82) is 0 Å². The highest BCUT2D eigenvalue weighted by Crippen LogP contribution is 2.40. The summed E-state index contributed by atoms with van der Waals surface area (Å²) in [6.45, 7) is 10.4. The lowest BCUT2D eigenvalue weighted by atomic mass is 9.84. The Balaban J connectivity index is 3.49. The topological polar surface area (TPSA) is 61.6 Å². The molecular formula is C15H23NO3. The molecule has 0 saturated carbocycles. The molecule has 0 heterocycles. The average molecular weight is 265 g/mol. The maximum atomic E-state index is 11.0. The smallest absolute Gasteiger partial charge is 0.410 e. The van der Waals surface area contributed by atoms with Crippen LogP contribution in [0.25, 0.3) is 0 Å². The van der Waals surface area contributed by atoms with Crippen LogP contribution in [0.3, 0.4) is 0 Å². The fraction of sp³-hybridized carbons (Fsp3) is 0.533. The van der Waals surface area contributed by atoms with Crippen molar-refractivity contribution in [3.05, 3.63) is 23.3 Å². The molecule has 0 aliphatic rings. The second-order valence-corrected chi connectivity index (χ2v) is 5.92. The van der Waals surface area contributed by atoms with Crippen LogP contribution in [-0.4, -0.2) is 13.2 Å². The number of ether oxygens (including phenoxy) is 2. The summed E-state index contributed by atoms with van der Waals surface area (Å²) in [5.74, 6) is 1.21. The summed E-state index contributed by atoms with van der Waals surface area (Å²) in [4.78, 5) is 11.0. The molecule has 0 aliphatic heterocycles. The van der Waals surface area contributed by atoms with Crippen LogP contribution in [0, 0.1) is 0 Å². The Kier molecular flexibility index (Phi) is 4.45. The van der Waals surface area contributed by atoms with Gasteiger partial charge in [0.2, 0.25) is 0 Å². The second kappa shape index (κ2) is 5.51. The molecule has 0 bridgehead atoms. The normalized spacial score (nSPS) is 11.5. The van der Waals surface area contributed by atoms with Crippen LogP contribution in [0.2, 0.25) is 0 Å². The van der Waals surface area contributed by atoms with Crippen LogP contribution in [0.4, 0.5) is 4.79 Å². The summed E-state index contributed by atoms with van der Waals surface area (Å²) in [7, 11) is 1.56. The van der Waals surface area contributed by atoms with Gasteiger partial charge in [0.25, 0.3) is 0 Å². The minimum absolute atomic E-state index is 0.0499. The Morgan fingerprint density at radius 2 is 1.84 bits per heavy atom. The van der Waals surface area contributed by atoms with Gasteiger partial charge in [-0.3, -0.25) is 0 Å². The lowest BCUT2D eigenvalue weighted by Crippen LogP contribution is -2.19. The van der Waals surface area contributed by atoms with E-state index in [9.17, 15) is 4.79 Å². The monoisotopic (exact) mass is 265 g/mol. The summed E-state index contributed by atoms with van der Waals surface area (Å²) in [6.07, 6.45) is -0.834. The molecule has 0 unspecified atom stereocenters. The zero-order valence-corrected chi connectivity index (χ0v) is 12.5. The van der Waals surface area contributed by atoms with Gasteiger partial charge >= 0.3 is 6.09 Å². The van der Waals surface area contributed by atoms with Gasteiger partial charge in [0.15, 0.2) is 11.5 Å². The number of benzene rings is 1. The summed E-state index contributed by atoms with van der Waals surface area (Å²) >= 11 is 0. The third-order valence-corrected chi connectivity index (χ3v) is 2.99. The highest BCUT2D eigenvalue weighted by atomic mass is 16.6. The van der Waals surface area contributed by atoms with Gasteiger partial charge in [-0.05, 0) is 23.0 Å². The Morgan fingerprint density at radius 3 is 2.21 bits per heavy atom. The van der Waals surface area contributed by atoms with E-state index >= 15 is 0 Å². The third kappa shape index (κ3) is 3.63. The van der Waals surface area contributed by atoms with Crippen molar-refractivity contribution < 1.29 is 14.3 Å². The first-order valence-electron chi connectivity index (χ1n) is 6.36. The molecule has 0 aliphatic carbocycles. The summed E-state index contributed by atoms with van der Waals surface area (Å²) in [5, 5.41) is 0. The van der Waals surface area contributed by atoms with Crippen molar-refractivity contribution >= 4 is 6.09 Å². The van der Waals surface area contributed by atoms with Gasteiger partial charge in [0, 0.05) is 5.56 Å². The molecule has 1 aromatic rings. The highest BCUT2D eigenvalue weighted by Gasteiger charge is 2.22. The molecule has 0 fully saturated rings. The number of amides is 1. The number of methoxy groups -OCH3 is 1. The van der Waals surface area contributed by atoms with Gasteiger partial charge < -0.3 is 15.2 Å². The molecule has 1 aromatic carbocycles. The van der Waals surface area contributed by atoms with Crippen LogP contribution < -0.4 is 15.2 Å². The van der Waals surface area contributed by atoms with Crippen molar-refractivity contribution in [3.63, 3.8) is 0 Å². The number of carbonyl (C=O) groups is 1. The SMILES string of the molecule is COc1c(OC(N)=O)cc(C(C)(C)C)cc1C(C)C. The molecular weight excluding hydrogens is 242 g/mol. The van der Waals surface area contributed by atoms with E-state index in [1.54, 1.807) is 7.11 Å². The summed E-state index contributed by atoms with van der Waals surface area (Å²) in [5.41, 5.74) is 7.15. The van der Waals surface area contributed by atoms with E-state index in [-0.39, 0.29) is 11.3 Å². The van der Waals surface area contributed by atoms with Crippen molar-refractivity contribution in [2.45, 2.75) is 46.0 Å². The fourth-order valence-electron chi connectivity index (χ4n) is 1.89. The second-order valence-electron chi connectivity index (χ2n) is 5.92. The van der Waals surface area contributed by atoms with E-state index in [2.05, 4.69) is 40.7 Å². The molecule has 106 valence electrons. The zero-order chi connectivity index (χ0) is 14.8. The molecule has 0 spiro atoms. The van der Waals surface area contributed by atoms with E-state index in [4.69, 9.17) is 15.2 Å². The van der Waals surface area contributed by atoms with Crippen molar-refractivity contribution in [3.8, 4) is 11.5 Å². The summed E-state index contributed by atoms with van der Waals surface area (Å²) < 4.78 is 10.5. The van der Waals surface area contributed by atoms with Crippen molar-refractivity contribution in [2.24, 2.45) is 5.73 Å². The predicted octanol–water partition coefficient (Wildman–Crippen LogP) is 3.57. The summed E-state index contributed by atoms with van der Waals surface area (Å²) in [6, 6.07) is 3.91. The van der Waals surface area contributed by atoms with Crippen molar-refractivity contribution in [1.82, 2.24) is 0 Å². The van der Waals surface area contributed by atoms with E-state index < -0.39 is 6.09 Å². The minimum Gasteiger partial charge on any atom is -0.493 e. The van der Waals surface area contributed by atoms with Crippen LogP contribution in [0.1, 0.15) is 51.7 Å². The van der Waals surface area contributed by atoms with Gasteiger partial charge in [0.1, 0.15) is 0 Å². The van der Waals surface area contributed by atoms with E-state index in [1.165, 1.54) is 0 Å². The van der Waals surface area contributed by atoms with E-state index in [0.29, 0.717) is 11.5 Å². The first-order valence-corrected chi connectivity index (χ1v) is 6.36. The Morgan fingerprint density at radius 1 is 1.26 bits per heavy atom. The van der Waals surface area contributed by atoms with Gasteiger partial charge in [0.05, 0.1) is 7.11 Å². The number of nitrogens with two attached hydrogens (primary N) is 1. The average Bonchev–Trinajstić information content (AvgIpc) is 2.25. The van der Waals surface area contributed by atoms with Gasteiger partial charge in [-0.1, -0.05) is 40.7 Å². The lowest BCUT2D eigenvalue weighted by molar-refractivity contribution is 0.208. The van der Waals surface area contributed by atoms with Gasteiger partial charge in [-0.15, -0.1) is 0 Å². The number of carbonyl (C=O) groups excluding carboxylic acids is 1. The molecule has 0 saturated heterocycles.